The number of rotatable bonds is 67. The van der Waals surface area contributed by atoms with Crippen molar-refractivity contribution >= 4 is 17.9 Å². The molecule has 0 aromatic rings. The molecule has 0 aromatic carbocycles. The third-order valence-electron chi connectivity index (χ3n) is 16.3. The van der Waals surface area contributed by atoms with E-state index in [0.29, 0.717) is 19.3 Å². The number of carbonyl (C=O) groups is 3. The third kappa shape index (κ3) is 67.9. The normalized spacial score (nSPS) is 12.4. The minimum atomic E-state index is -0.778. The molecule has 478 valence electrons. The third-order valence-corrected chi connectivity index (χ3v) is 16.3. The van der Waals surface area contributed by atoms with Gasteiger partial charge in [-0.25, -0.2) is 0 Å². The Labute approximate surface area is 510 Å². The maximum Gasteiger partial charge on any atom is 0.306 e. The van der Waals surface area contributed by atoms with E-state index in [-0.39, 0.29) is 31.1 Å². The SMILES string of the molecule is CC/C=C\C/C=C\C/C=C\C/C=C\C/C=C\CCCCCCCCCC(=O)OCC(COC(=O)CCCCCCCCCCCCCCCCCCCCCC)OC(=O)CCCCCCCCCCCCCCCCCCCCCCC. The molecule has 0 saturated carbocycles. The molecule has 82 heavy (non-hydrogen) atoms. The van der Waals surface area contributed by atoms with Crippen molar-refractivity contribution in [1.29, 1.82) is 0 Å². The van der Waals surface area contributed by atoms with Crippen LogP contribution < -0.4 is 0 Å². The number of hydrogen-bond donors (Lipinski definition) is 0. The summed E-state index contributed by atoms with van der Waals surface area (Å²) in [5.74, 6) is -0.853. The lowest BCUT2D eigenvalue weighted by atomic mass is 10.0. The molecule has 0 aliphatic rings. The second-order valence-corrected chi connectivity index (χ2v) is 24.5. The molecular weight excluding hydrogens is 1010 g/mol. The summed E-state index contributed by atoms with van der Waals surface area (Å²) in [6.07, 6.45) is 91.0. The lowest BCUT2D eigenvalue weighted by molar-refractivity contribution is -0.167. The summed E-state index contributed by atoms with van der Waals surface area (Å²) in [5.41, 5.74) is 0. The zero-order valence-corrected chi connectivity index (χ0v) is 55.0. The van der Waals surface area contributed by atoms with Crippen LogP contribution in [0.1, 0.15) is 387 Å². The Balaban J connectivity index is 4.35. The van der Waals surface area contributed by atoms with Crippen LogP contribution in [0.2, 0.25) is 0 Å². The van der Waals surface area contributed by atoms with Gasteiger partial charge in [-0.3, -0.25) is 14.4 Å². The highest BCUT2D eigenvalue weighted by Gasteiger charge is 2.19. The summed E-state index contributed by atoms with van der Waals surface area (Å²) in [6.45, 7) is 6.60. The van der Waals surface area contributed by atoms with Gasteiger partial charge in [0.25, 0.3) is 0 Å². The summed E-state index contributed by atoms with van der Waals surface area (Å²) in [4.78, 5) is 38.5. The quantitative estimate of drug-likeness (QED) is 0.0261. The molecule has 0 fully saturated rings. The molecule has 0 aromatic heterocycles. The zero-order chi connectivity index (χ0) is 59.2. The summed E-state index contributed by atoms with van der Waals surface area (Å²) in [5, 5.41) is 0. The Hall–Kier alpha value is -2.89. The molecule has 0 amide bonds. The first-order valence-electron chi connectivity index (χ1n) is 36.3. The van der Waals surface area contributed by atoms with E-state index in [0.717, 1.165) is 96.3 Å². The molecule has 6 nitrogen and oxygen atoms in total. The van der Waals surface area contributed by atoms with E-state index in [1.807, 2.05) is 0 Å². The van der Waals surface area contributed by atoms with Crippen LogP contribution in [-0.4, -0.2) is 37.2 Å². The Morgan fingerprint density at radius 3 is 0.744 bits per heavy atom. The average Bonchev–Trinajstić information content (AvgIpc) is 3.47. The van der Waals surface area contributed by atoms with Gasteiger partial charge in [-0.1, -0.05) is 364 Å². The minimum Gasteiger partial charge on any atom is -0.462 e. The van der Waals surface area contributed by atoms with E-state index in [1.54, 1.807) is 0 Å². The Bertz CT molecular complexity index is 1460. The molecule has 0 rings (SSSR count). The monoisotopic (exact) mass is 1150 g/mol. The van der Waals surface area contributed by atoms with Gasteiger partial charge in [0.2, 0.25) is 0 Å². The van der Waals surface area contributed by atoms with Gasteiger partial charge in [-0.05, 0) is 64.2 Å². The second-order valence-electron chi connectivity index (χ2n) is 24.5. The fraction of sp³-hybridized carbons (Fsp3) is 0.829. The van der Waals surface area contributed by atoms with Crippen molar-refractivity contribution in [2.45, 2.75) is 393 Å². The molecule has 0 aliphatic carbocycles. The van der Waals surface area contributed by atoms with Gasteiger partial charge in [0.15, 0.2) is 6.10 Å². The molecule has 0 bridgehead atoms. The predicted molar refractivity (Wildman–Crippen MR) is 358 cm³/mol. The first-order chi connectivity index (χ1) is 40.5. The first kappa shape index (κ1) is 79.1. The van der Waals surface area contributed by atoms with Crippen LogP contribution in [0.25, 0.3) is 0 Å². The van der Waals surface area contributed by atoms with Crippen molar-refractivity contribution in [1.82, 2.24) is 0 Å². The van der Waals surface area contributed by atoms with Gasteiger partial charge < -0.3 is 14.2 Å². The Kier molecular flexibility index (Phi) is 68.1. The number of hydrogen-bond acceptors (Lipinski definition) is 6. The van der Waals surface area contributed by atoms with Crippen LogP contribution in [0.4, 0.5) is 0 Å². The summed E-state index contributed by atoms with van der Waals surface area (Å²) < 4.78 is 17.0. The van der Waals surface area contributed by atoms with Crippen molar-refractivity contribution in [3.8, 4) is 0 Å². The molecular formula is C76H138O6. The van der Waals surface area contributed by atoms with Crippen LogP contribution >= 0.6 is 0 Å². The fourth-order valence-corrected chi connectivity index (χ4v) is 10.9. The number of unbranched alkanes of at least 4 members (excludes halogenated alkanes) is 46. The van der Waals surface area contributed by atoms with Crippen LogP contribution in [0.15, 0.2) is 60.8 Å². The summed E-state index contributed by atoms with van der Waals surface area (Å²) in [6, 6.07) is 0. The topological polar surface area (TPSA) is 78.9 Å². The lowest BCUT2D eigenvalue weighted by Crippen LogP contribution is -2.30. The van der Waals surface area contributed by atoms with Gasteiger partial charge >= 0.3 is 17.9 Å². The standard InChI is InChI=1S/C76H138O6/c1-4-7-10-13-16-19-22-25-28-31-34-37-38-40-42-45-48-51-54-57-60-63-66-69-75(78)81-72-73(71-80-74(77)68-65-62-59-56-53-50-47-44-41-36-33-30-27-24-21-18-15-12-9-6-3)82-76(79)70-67-64-61-58-55-52-49-46-43-39-35-32-29-26-23-20-17-14-11-8-5-2/h7,10,16,19,25,28,34,37,40,42,73H,4-6,8-9,11-15,17-18,20-24,26-27,29-33,35-36,38-39,41,43-72H2,1-3H3/b10-7-,19-16-,28-25-,37-34-,42-40-. The number of esters is 3. The number of carbonyl (C=O) groups excluding carboxylic acids is 3. The van der Waals surface area contributed by atoms with E-state index in [2.05, 4.69) is 81.5 Å². The largest absolute Gasteiger partial charge is 0.462 e. The maximum absolute atomic E-state index is 13.0. The van der Waals surface area contributed by atoms with E-state index >= 15 is 0 Å². The van der Waals surface area contributed by atoms with Crippen molar-refractivity contribution in [3.05, 3.63) is 60.8 Å². The molecule has 0 radical (unpaired) electrons. The number of allylic oxidation sites excluding steroid dienone is 10. The molecule has 0 heterocycles. The van der Waals surface area contributed by atoms with E-state index < -0.39 is 6.10 Å². The smallest absolute Gasteiger partial charge is 0.306 e. The summed E-state index contributed by atoms with van der Waals surface area (Å²) >= 11 is 0. The van der Waals surface area contributed by atoms with Crippen LogP contribution in [-0.2, 0) is 28.6 Å². The highest BCUT2D eigenvalue weighted by atomic mass is 16.6. The predicted octanol–water partition coefficient (Wildman–Crippen LogP) is 25.1. The van der Waals surface area contributed by atoms with Gasteiger partial charge in [0.05, 0.1) is 0 Å². The van der Waals surface area contributed by atoms with Gasteiger partial charge in [-0.15, -0.1) is 0 Å². The molecule has 1 unspecified atom stereocenters. The van der Waals surface area contributed by atoms with Gasteiger partial charge in [0.1, 0.15) is 13.2 Å². The summed E-state index contributed by atoms with van der Waals surface area (Å²) in [7, 11) is 0. The van der Waals surface area contributed by atoms with Crippen molar-refractivity contribution < 1.29 is 28.6 Å². The van der Waals surface area contributed by atoms with Crippen LogP contribution in [0.3, 0.4) is 0 Å². The molecule has 0 aliphatic heterocycles. The average molecular weight is 1150 g/mol. The van der Waals surface area contributed by atoms with E-state index in [1.165, 1.54) is 250 Å². The van der Waals surface area contributed by atoms with Gasteiger partial charge in [-0.2, -0.15) is 0 Å². The maximum atomic E-state index is 13.0. The lowest BCUT2D eigenvalue weighted by Gasteiger charge is -2.18. The van der Waals surface area contributed by atoms with Crippen molar-refractivity contribution in [3.63, 3.8) is 0 Å². The first-order valence-corrected chi connectivity index (χ1v) is 36.3. The Morgan fingerprint density at radius 1 is 0.256 bits per heavy atom. The highest BCUT2D eigenvalue weighted by Crippen LogP contribution is 2.19. The molecule has 0 spiro atoms. The fourth-order valence-electron chi connectivity index (χ4n) is 10.9. The van der Waals surface area contributed by atoms with Crippen LogP contribution in [0.5, 0.6) is 0 Å². The van der Waals surface area contributed by atoms with Crippen molar-refractivity contribution in [2.75, 3.05) is 13.2 Å². The van der Waals surface area contributed by atoms with Crippen LogP contribution in [0, 0.1) is 0 Å². The molecule has 0 N–H and O–H groups in total. The minimum absolute atomic E-state index is 0.0720. The molecule has 6 heteroatoms. The van der Waals surface area contributed by atoms with E-state index in [4.69, 9.17) is 14.2 Å². The number of ether oxygens (including phenoxy) is 3. The second kappa shape index (κ2) is 70.6. The highest BCUT2D eigenvalue weighted by molar-refractivity contribution is 5.71. The molecule has 0 saturated heterocycles. The van der Waals surface area contributed by atoms with Gasteiger partial charge in [0, 0.05) is 19.3 Å². The zero-order valence-electron chi connectivity index (χ0n) is 55.0. The van der Waals surface area contributed by atoms with E-state index in [9.17, 15) is 14.4 Å². The Morgan fingerprint density at radius 2 is 0.476 bits per heavy atom. The molecule has 1 atom stereocenters. The van der Waals surface area contributed by atoms with Crippen molar-refractivity contribution in [2.24, 2.45) is 0 Å².